The summed E-state index contributed by atoms with van der Waals surface area (Å²) in [5.74, 6) is -0.213. The smallest absolute Gasteiger partial charge is 0.303 e. The van der Waals surface area contributed by atoms with Gasteiger partial charge in [0.1, 0.15) is 0 Å². The molecule has 1 atom stereocenters. The maximum Gasteiger partial charge on any atom is 0.303 e. The number of carboxylic acids is 1. The van der Waals surface area contributed by atoms with Gasteiger partial charge in [0.2, 0.25) is 0 Å². The first-order valence-corrected chi connectivity index (χ1v) is 10.2. The van der Waals surface area contributed by atoms with Gasteiger partial charge in [-0.1, -0.05) is 93.9 Å². The van der Waals surface area contributed by atoms with E-state index in [1.54, 1.807) is 0 Å². The number of carbonyl (C=O) groups is 1. The van der Waals surface area contributed by atoms with Crippen molar-refractivity contribution >= 4 is 5.97 Å². The Bertz CT molecular complexity index is 467. The van der Waals surface area contributed by atoms with Crippen molar-refractivity contribution in [2.45, 2.75) is 78.1 Å². The first-order chi connectivity index (χ1) is 12.7. The molecule has 0 bridgehead atoms. The molecule has 26 heavy (non-hydrogen) atoms. The van der Waals surface area contributed by atoms with E-state index in [2.05, 4.69) is 68.5 Å². The van der Waals surface area contributed by atoms with E-state index < -0.39 is 5.97 Å². The van der Waals surface area contributed by atoms with Crippen LogP contribution >= 0.6 is 0 Å². The van der Waals surface area contributed by atoms with Gasteiger partial charge in [-0.05, 0) is 44.4 Å². The summed E-state index contributed by atoms with van der Waals surface area (Å²) in [6, 6.07) is 0. The summed E-state index contributed by atoms with van der Waals surface area (Å²) in [6.45, 7) is 4.42. The zero-order chi connectivity index (χ0) is 19.3. The largest absolute Gasteiger partial charge is 0.481 e. The van der Waals surface area contributed by atoms with Gasteiger partial charge in [-0.3, -0.25) is 4.79 Å². The second kappa shape index (κ2) is 19.5. The van der Waals surface area contributed by atoms with Crippen LogP contribution in [0.4, 0.5) is 0 Å². The average molecular weight is 359 g/mol. The van der Waals surface area contributed by atoms with Crippen LogP contribution in [0.15, 0.2) is 60.8 Å². The standard InChI is InChI=1S/C24H38O2/c1-3-5-6-7-8-9-10-11-12-13-14-15-17-20-23(4-2)21-18-16-19-22-24(25)26/h9-12,14-18,20,23H,3-8,13,19,21-22H2,1-2H3,(H,25,26). The topological polar surface area (TPSA) is 37.3 Å². The highest BCUT2D eigenvalue weighted by Crippen LogP contribution is 2.11. The lowest BCUT2D eigenvalue weighted by atomic mass is 10.0. The molecular formula is C24H38O2. The van der Waals surface area contributed by atoms with E-state index >= 15 is 0 Å². The van der Waals surface area contributed by atoms with E-state index in [0.717, 1.165) is 19.3 Å². The Morgan fingerprint density at radius 3 is 2.27 bits per heavy atom. The minimum absolute atomic E-state index is 0.216. The summed E-state index contributed by atoms with van der Waals surface area (Å²) in [7, 11) is 0. The molecule has 1 unspecified atom stereocenters. The molecular weight excluding hydrogens is 320 g/mol. The predicted molar refractivity (Wildman–Crippen MR) is 114 cm³/mol. The van der Waals surface area contributed by atoms with Gasteiger partial charge < -0.3 is 5.11 Å². The van der Waals surface area contributed by atoms with Crippen molar-refractivity contribution in [2.24, 2.45) is 5.92 Å². The summed E-state index contributed by atoms with van der Waals surface area (Å²) in [5.41, 5.74) is 0. The fraction of sp³-hybridized carbons (Fsp3) is 0.542. The lowest BCUT2D eigenvalue weighted by Crippen LogP contribution is -1.93. The Labute approximate surface area is 161 Å². The predicted octanol–water partition coefficient (Wildman–Crippen LogP) is 7.41. The molecule has 0 radical (unpaired) electrons. The molecule has 2 heteroatoms. The van der Waals surface area contributed by atoms with Gasteiger partial charge >= 0.3 is 5.97 Å². The van der Waals surface area contributed by atoms with Crippen LogP contribution in [0.5, 0.6) is 0 Å². The van der Waals surface area contributed by atoms with Crippen LogP contribution in [0.2, 0.25) is 0 Å². The number of aliphatic carboxylic acids is 1. The van der Waals surface area contributed by atoms with Crippen LogP contribution < -0.4 is 0 Å². The highest BCUT2D eigenvalue weighted by atomic mass is 16.4. The molecule has 0 aromatic carbocycles. The quantitative estimate of drug-likeness (QED) is 0.177. The molecule has 0 aliphatic rings. The Hall–Kier alpha value is -1.83. The summed E-state index contributed by atoms with van der Waals surface area (Å²) >= 11 is 0. The highest BCUT2D eigenvalue weighted by molar-refractivity contribution is 5.66. The van der Waals surface area contributed by atoms with E-state index in [-0.39, 0.29) is 6.42 Å². The first kappa shape index (κ1) is 24.2. The van der Waals surface area contributed by atoms with Crippen LogP contribution in [0.1, 0.15) is 78.1 Å². The summed E-state index contributed by atoms with van der Waals surface area (Å²) in [4.78, 5) is 10.4. The molecule has 0 rings (SSSR count). The van der Waals surface area contributed by atoms with E-state index in [9.17, 15) is 4.79 Å². The van der Waals surface area contributed by atoms with Crippen LogP contribution in [0, 0.1) is 5.92 Å². The van der Waals surface area contributed by atoms with Crippen LogP contribution in [0.25, 0.3) is 0 Å². The number of hydrogen-bond acceptors (Lipinski definition) is 1. The van der Waals surface area contributed by atoms with Gasteiger partial charge in [0.05, 0.1) is 0 Å². The zero-order valence-electron chi connectivity index (χ0n) is 16.8. The molecule has 0 saturated heterocycles. The molecule has 0 aromatic rings. The fourth-order valence-electron chi connectivity index (χ4n) is 2.45. The Balaban J connectivity index is 3.83. The van der Waals surface area contributed by atoms with Gasteiger partial charge in [-0.25, -0.2) is 0 Å². The van der Waals surface area contributed by atoms with Gasteiger partial charge in [0.15, 0.2) is 0 Å². The third kappa shape index (κ3) is 18.5. The molecule has 0 aliphatic heterocycles. The van der Waals surface area contributed by atoms with Crippen LogP contribution in [0.3, 0.4) is 0 Å². The summed E-state index contributed by atoms with van der Waals surface area (Å²) in [5, 5.41) is 8.59. The maximum atomic E-state index is 10.4. The maximum absolute atomic E-state index is 10.4. The van der Waals surface area contributed by atoms with E-state index in [1.807, 2.05) is 6.08 Å². The Kier molecular flexibility index (Phi) is 18.1. The number of allylic oxidation sites excluding steroid dienone is 10. The van der Waals surface area contributed by atoms with Gasteiger partial charge in [0.25, 0.3) is 0 Å². The van der Waals surface area contributed by atoms with Crippen molar-refractivity contribution in [1.29, 1.82) is 0 Å². The number of carboxylic acid groups (broad SMARTS) is 1. The lowest BCUT2D eigenvalue weighted by molar-refractivity contribution is -0.136. The van der Waals surface area contributed by atoms with Crippen molar-refractivity contribution in [3.05, 3.63) is 60.8 Å². The second-order valence-electron chi connectivity index (χ2n) is 6.56. The molecule has 146 valence electrons. The third-order valence-corrected chi connectivity index (χ3v) is 4.17. The monoisotopic (exact) mass is 358 g/mol. The Morgan fingerprint density at radius 1 is 0.846 bits per heavy atom. The number of hydrogen-bond donors (Lipinski definition) is 1. The molecule has 2 nitrogen and oxygen atoms in total. The number of rotatable bonds is 16. The van der Waals surface area contributed by atoms with E-state index in [4.69, 9.17) is 5.11 Å². The number of unbranched alkanes of at least 4 members (excludes halogenated alkanes) is 4. The third-order valence-electron chi connectivity index (χ3n) is 4.17. The second-order valence-corrected chi connectivity index (χ2v) is 6.56. The minimum atomic E-state index is -0.733. The molecule has 0 aromatic heterocycles. The van der Waals surface area contributed by atoms with Crippen LogP contribution in [-0.2, 0) is 4.79 Å². The van der Waals surface area contributed by atoms with Crippen molar-refractivity contribution in [3.63, 3.8) is 0 Å². The summed E-state index contributed by atoms with van der Waals surface area (Å²) in [6.07, 6.45) is 31.8. The molecule has 0 saturated carbocycles. The lowest BCUT2D eigenvalue weighted by Gasteiger charge is -2.05. The molecule has 1 N–H and O–H groups in total. The Morgan fingerprint density at radius 2 is 1.58 bits per heavy atom. The van der Waals surface area contributed by atoms with Crippen molar-refractivity contribution in [2.75, 3.05) is 0 Å². The first-order valence-electron chi connectivity index (χ1n) is 10.2. The van der Waals surface area contributed by atoms with Crippen molar-refractivity contribution in [1.82, 2.24) is 0 Å². The fourth-order valence-corrected chi connectivity index (χ4v) is 2.45. The van der Waals surface area contributed by atoms with E-state index in [0.29, 0.717) is 12.3 Å². The zero-order valence-corrected chi connectivity index (χ0v) is 16.8. The van der Waals surface area contributed by atoms with E-state index in [1.165, 1.54) is 32.1 Å². The normalized spacial score (nSPS) is 13.9. The van der Waals surface area contributed by atoms with Gasteiger partial charge in [0, 0.05) is 6.42 Å². The molecule has 0 heterocycles. The minimum Gasteiger partial charge on any atom is -0.481 e. The SMILES string of the molecule is CCCCCCC=CC=CCC=CC=CC(CC)CC=CCCC(=O)O. The van der Waals surface area contributed by atoms with Gasteiger partial charge in [-0.15, -0.1) is 0 Å². The van der Waals surface area contributed by atoms with Crippen molar-refractivity contribution in [3.8, 4) is 0 Å². The van der Waals surface area contributed by atoms with Crippen molar-refractivity contribution < 1.29 is 9.90 Å². The van der Waals surface area contributed by atoms with Crippen LogP contribution in [-0.4, -0.2) is 11.1 Å². The molecule has 0 amide bonds. The molecule has 0 aliphatic carbocycles. The highest BCUT2D eigenvalue weighted by Gasteiger charge is 1.98. The summed E-state index contributed by atoms with van der Waals surface area (Å²) < 4.78 is 0. The van der Waals surface area contributed by atoms with Gasteiger partial charge in [-0.2, -0.15) is 0 Å². The molecule has 0 fully saturated rings. The molecule has 0 spiro atoms. The average Bonchev–Trinajstić information content (AvgIpc) is 2.63.